The third-order valence-corrected chi connectivity index (χ3v) is 5.77. The maximum Gasteiger partial charge on any atom is 0.317 e. The topological polar surface area (TPSA) is 35.6 Å². The maximum atomic E-state index is 12.7. The molecule has 0 radical (unpaired) electrons. The van der Waals surface area contributed by atoms with Gasteiger partial charge in [-0.2, -0.15) is 0 Å². The van der Waals surface area contributed by atoms with Crippen molar-refractivity contribution in [2.24, 2.45) is 5.92 Å². The monoisotopic (exact) mass is 357 g/mol. The third-order valence-electron chi connectivity index (χ3n) is 5.77. The lowest BCUT2D eigenvalue weighted by Crippen LogP contribution is -2.50. The Morgan fingerprint density at radius 3 is 2.50 bits per heavy atom. The van der Waals surface area contributed by atoms with Crippen molar-refractivity contribution in [2.75, 3.05) is 19.6 Å². The SMILES string of the molecule is Cc1ccccc1CN1CCC(NC(=O)N(CCC(C)C)C2CC2)CC1. The van der Waals surface area contributed by atoms with Gasteiger partial charge in [-0.1, -0.05) is 38.1 Å². The van der Waals surface area contributed by atoms with Gasteiger partial charge in [-0.15, -0.1) is 0 Å². The number of benzene rings is 1. The molecular formula is C22H35N3O. The highest BCUT2D eigenvalue weighted by Crippen LogP contribution is 2.28. The van der Waals surface area contributed by atoms with Gasteiger partial charge in [0.2, 0.25) is 0 Å². The molecule has 1 aliphatic carbocycles. The Morgan fingerprint density at radius 2 is 1.88 bits per heavy atom. The van der Waals surface area contributed by atoms with Crippen molar-refractivity contribution in [3.8, 4) is 0 Å². The first kappa shape index (κ1) is 19.2. The summed E-state index contributed by atoms with van der Waals surface area (Å²) in [5, 5.41) is 3.32. The molecular weight excluding hydrogens is 322 g/mol. The number of likely N-dealkylation sites (tertiary alicyclic amines) is 1. The summed E-state index contributed by atoms with van der Waals surface area (Å²) in [5.74, 6) is 0.647. The van der Waals surface area contributed by atoms with E-state index in [1.165, 1.54) is 24.0 Å². The van der Waals surface area contributed by atoms with Crippen LogP contribution in [0.2, 0.25) is 0 Å². The molecule has 0 spiro atoms. The molecule has 2 amide bonds. The van der Waals surface area contributed by atoms with Gasteiger partial charge in [0.25, 0.3) is 0 Å². The minimum Gasteiger partial charge on any atom is -0.335 e. The van der Waals surface area contributed by atoms with Gasteiger partial charge in [0.05, 0.1) is 0 Å². The van der Waals surface area contributed by atoms with Gasteiger partial charge in [0.1, 0.15) is 0 Å². The number of carbonyl (C=O) groups is 1. The molecule has 144 valence electrons. The molecule has 1 saturated heterocycles. The van der Waals surface area contributed by atoms with E-state index in [4.69, 9.17) is 0 Å². The smallest absolute Gasteiger partial charge is 0.317 e. The lowest BCUT2D eigenvalue weighted by molar-refractivity contribution is 0.165. The fourth-order valence-corrected chi connectivity index (χ4v) is 3.75. The van der Waals surface area contributed by atoms with E-state index < -0.39 is 0 Å². The molecule has 3 rings (SSSR count). The van der Waals surface area contributed by atoms with Crippen LogP contribution in [0.25, 0.3) is 0 Å². The van der Waals surface area contributed by atoms with Crippen LogP contribution in [0.15, 0.2) is 24.3 Å². The van der Waals surface area contributed by atoms with Crippen molar-refractivity contribution in [3.05, 3.63) is 35.4 Å². The van der Waals surface area contributed by atoms with Crippen LogP contribution in [0.5, 0.6) is 0 Å². The quantitative estimate of drug-likeness (QED) is 0.794. The highest BCUT2D eigenvalue weighted by Gasteiger charge is 2.33. The van der Waals surface area contributed by atoms with Crippen LogP contribution < -0.4 is 5.32 Å². The number of rotatable bonds is 7. The van der Waals surface area contributed by atoms with Crippen LogP contribution in [0, 0.1) is 12.8 Å². The number of amides is 2. The van der Waals surface area contributed by atoms with Gasteiger partial charge >= 0.3 is 6.03 Å². The predicted octanol–water partition coefficient (Wildman–Crippen LogP) is 4.18. The number of nitrogens with one attached hydrogen (secondary N) is 1. The second kappa shape index (κ2) is 8.90. The number of hydrogen-bond donors (Lipinski definition) is 1. The van der Waals surface area contributed by atoms with Gasteiger partial charge in [0, 0.05) is 38.3 Å². The second-order valence-corrected chi connectivity index (χ2v) is 8.53. The Labute approximate surface area is 158 Å². The zero-order valence-corrected chi connectivity index (χ0v) is 16.7. The Kier molecular flexibility index (Phi) is 6.58. The lowest BCUT2D eigenvalue weighted by atomic mass is 10.0. The van der Waals surface area contributed by atoms with Gasteiger partial charge in [0.15, 0.2) is 0 Å². The Morgan fingerprint density at radius 1 is 1.19 bits per heavy atom. The minimum absolute atomic E-state index is 0.172. The summed E-state index contributed by atoms with van der Waals surface area (Å²) in [6.07, 6.45) is 5.57. The molecule has 4 nitrogen and oxygen atoms in total. The number of nitrogens with zero attached hydrogens (tertiary/aromatic N) is 2. The molecule has 26 heavy (non-hydrogen) atoms. The molecule has 2 fully saturated rings. The third kappa shape index (κ3) is 5.47. The molecule has 4 heteroatoms. The average Bonchev–Trinajstić information content (AvgIpc) is 3.43. The van der Waals surface area contributed by atoms with E-state index in [0.717, 1.165) is 45.4 Å². The van der Waals surface area contributed by atoms with E-state index in [0.29, 0.717) is 18.0 Å². The van der Waals surface area contributed by atoms with Crippen LogP contribution in [-0.4, -0.2) is 47.5 Å². The van der Waals surface area contributed by atoms with Crippen LogP contribution in [0.1, 0.15) is 57.1 Å². The molecule has 0 unspecified atom stereocenters. The molecule has 1 saturated carbocycles. The molecule has 1 aromatic rings. The van der Waals surface area contributed by atoms with Gasteiger partial charge in [-0.25, -0.2) is 4.79 Å². The largest absolute Gasteiger partial charge is 0.335 e. The Hall–Kier alpha value is -1.55. The van der Waals surface area contributed by atoms with Crippen molar-refractivity contribution >= 4 is 6.03 Å². The van der Waals surface area contributed by atoms with E-state index in [9.17, 15) is 4.79 Å². The number of carbonyl (C=O) groups excluding carboxylic acids is 1. The van der Waals surface area contributed by atoms with E-state index in [2.05, 4.69) is 60.2 Å². The molecule has 0 atom stereocenters. The molecule has 1 heterocycles. The fourth-order valence-electron chi connectivity index (χ4n) is 3.75. The Balaban J connectivity index is 1.44. The first-order valence-corrected chi connectivity index (χ1v) is 10.4. The summed E-state index contributed by atoms with van der Waals surface area (Å²) in [6.45, 7) is 10.7. The van der Waals surface area contributed by atoms with Crippen molar-refractivity contribution in [2.45, 2.75) is 71.5 Å². The second-order valence-electron chi connectivity index (χ2n) is 8.53. The molecule has 1 aliphatic heterocycles. The van der Waals surface area contributed by atoms with Crippen LogP contribution in [0.3, 0.4) is 0 Å². The van der Waals surface area contributed by atoms with Gasteiger partial charge < -0.3 is 10.2 Å². The maximum absolute atomic E-state index is 12.7. The summed E-state index contributed by atoms with van der Waals surface area (Å²) < 4.78 is 0. The minimum atomic E-state index is 0.172. The van der Waals surface area contributed by atoms with Gasteiger partial charge in [-0.05, 0) is 56.1 Å². The van der Waals surface area contributed by atoms with Crippen molar-refractivity contribution < 1.29 is 4.79 Å². The summed E-state index contributed by atoms with van der Waals surface area (Å²) >= 11 is 0. The number of urea groups is 1. The van der Waals surface area contributed by atoms with E-state index in [-0.39, 0.29) is 6.03 Å². The van der Waals surface area contributed by atoms with Crippen LogP contribution >= 0.6 is 0 Å². The number of hydrogen-bond acceptors (Lipinski definition) is 2. The normalized spacial score (nSPS) is 18.9. The first-order valence-electron chi connectivity index (χ1n) is 10.4. The predicted molar refractivity (Wildman–Crippen MR) is 107 cm³/mol. The molecule has 0 aromatic heterocycles. The molecule has 2 aliphatic rings. The van der Waals surface area contributed by atoms with Gasteiger partial charge in [-0.3, -0.25) is 4.90 Å². The zero-order chi connectivity index (χ0) is 18.5. The van der Waals surface area contributed by atoms with E-state index in [1.54, 1.807) is 0 Å². The first-order chi connectivity index (χ1) is 12.5. The zero-order valence-electron chi connectivity index (χ0n) is 16.7. The summed E-state index contributed by atoms with van der Waals surface area (Å²) in [4.78, 5) is 17.3. The highest BCUT2D eigenvalue weighted by molar-refractivity contribution is 5.75. The fraction of sp³-hybridized carbons (Fsp3) is 0.682. The molecule has 1 aromatic carbocycles. The van der Waals surface area contributed by atoms with Crippen molar-refractivity contribution in [1.29, 1.82) is 0 Å². The summed E-state index contributed by atoms with van der Waals surface area (Å²) in [7, 11) is 0. The van der Waals surface area contributed by atoms with Crippen LogP contribution in [0.4, 0.5) is 4.79 Å². The summed E-state index contributed by atoms with van der Waals surface area (Å²) in [5.41, 5.74) is 2.79. The Bertz CT molecular complexity index is 589. The van der Waals surface area contributed by atoms with Crippen molar-refractivity contribution in [1.82, 2.24) is 15.1 Å². The molecule has 0 bridgehead atoms. The van der Waals surface area contributed by atoms with Crippen LogP contribution in [-0.2, 0) is 6.54 Å². The number of aryl methyl sites for hydroxylation is 1. The number of piperidine rings is 1. The highest BCUT2D eigenvalue weighted by atomic mass is 16.2. The standard InChI is InChI=1S/C22H35N3O/c1-17(2)10-15-25(21-8-9-21)22(26)23-20-11-13-24(14-12-20)16-19-7-5-4-6-18(19)3/h4-7,17,20-21H,8-16H2,1-3H3,(H,23,26). The van der Waals surface area contributed by atoms with E-state index >= 15 is 0 Å². The lowest BCUT2D eigenvalue weighted by Gasteiger charge is -2.34. The summed E-state index contributed by atoms with van der Waals surface area (Å²) in [6, 6.07) is 9.64. The van der Waals surface area contributed by atoms with Crippen molar-refractivity contribution in [3.63, 3.8) is 0 Å². The average molecular weight is 358 g/mol. The van der Waals surface area contributed by atoms with E-state index in [1.807, 2.05) is 0 Å². The molecule has 1 N–H and O–H groups in total.